The second kappa shape index (κ2) is 7.39. The zero-order chi connectivity index (χ0) is 17.9. The Bertz CT molecular complexity index is 702. The SMILES string of the molecule is COCCCN1CCCC2(CCN(C(=O)c3cccc(=O)[nH]3)C2)C1=O. The lowest BCUT2D eigenvalue weighted by molar-refractivity contribution is -0.145. The highest BCUT2D eigenvalue weighted by Crippen LogP contribution is 2.40. The highest BCUT2D eigenvalue weighted by Gasteiger charge is 2.49. The second-order valence-electron chi connectivity index (χ2n) is 6.93. The van der Waals surface area contributed by atoms with Crippen LogP contribution >= 0.6 is 0 Å². The van der Waals surface area contributed by atoms with Gasteiger partial charge in [-0.3, -0.25) is 14.4 Å². The van der Waals surface area contributed by atoms with Crippen LogP contribution in [0.1, 0.15) is 36.2 Å². The summed E-state index contributed by atoms with van der Waals surface area (Å²) in [7, 11) is 1.66. The molecule has 2 saturated heterocycles. The fraction of sp³-hybridized carbons (Fsp3) is 0.611. The number of carbonyl (C=O) groups excluding carboxylic acids is 2. The molecule has 2 fully saturated rings. The number of carbonyl (C=O) groups is 2. The molecule has 1 N–H and O–H groups in total. The molecule has 1 unspecified atom stereocenters. The van der Waals surface area contributed by atoms with Crippen molar-refractivity contribution in [2.75, 3.05) is 39.9 Å². The van der Waals surface area contributed by atoms with Gasteiger partial charge in [-0.2, -0.15) is 0 Å². The fourth-order valence-electron chi connectivity index (χ4n) is 3.93. The van der Waals surface area contributed by atoms with Gasteiger partial charge in [-0.25, -0.2) is 0 Å². The van der Waals surface area contributed by atoms with Crippen LogP contribution in [0.3, 0.4) is 0 Å². The number of aromatic amines is 1. The van der Waals surface area contributed by atoms with Crippen LogP contribution in [0.2, 0.25) is 0 Å². The first-order valence-electron chi connectivity index (χ1n) is 8.83. The van der Waals surface area contributed by atoms with Crippen LogP contribution in [-0.4, -0.2) is 66.5 Å². The van der Waals surface area contributed by atoms with Gasteiger partial charge >= 0.3 is 0 Å². The van der Waals surface area contributed by atoms with Crippen molar-refractivity contribution < 1.29 is 14.3 Å². The van der Waals surface area contributed by atoms with Crippen LogP contribution in [0.5, 0.6) is 0 Å². The highest BCUT2D eigenvalue weighted by molar-refractivity contribution is 5.93. The predicted octanol–water partition coefficient (Wildman–Crippen LogP) is 0.866. The molecule has 7 heteroatoms. The van der Waals surface area contributed by atoms with Gasteiger partial charge in [0.15, 0.2) is 0 Å². The Morgan fingerprint density at radius 2 is 2.12 bits per heavy atom. The van der Waals surface area contributed by atoms with Crippen molar-refractivity contribution in [2.45, 2.75) is 25.7 Å². The molecule has 1 aromatic rings. The van der Waals surface area contributed by atoms with E-state index in [4.69, 9.17) is 4.74 Å². The van der Waals surface area contributed by atoms with Crippen LogP contribution in [0, 0.1) is 5.41 Å². The van der Waals surface area contributed by atoms with Crippen LogP contribution in [0.25, 0.3) is 0 Å². The molecule has 0 bridgehead atoms. The van der Waals surface area contributed by atoms with Gasteiger partial charge in [0.05, 0.1) is 5.41 Å². The van der Waals surface area contributed by atoms with E-state index in [0.717, 1.165) is 25.8 Å². The summed E-state index contributed by atoms with van der Waals surface area (Å²) >= 11 is 0. The molecule has 1 atom stereocenters. The molecular formula is C18H25N3O4. The van der Waals surface area contributed by atoms with Gasteiger partial charge in [0.1, 0.15) is 5.69 Å². The minimum atomic E-state index is -0.462. The summed E-state index contributed by atoms with van der Waals surface area (Å²) in [5.74, 6) is -0.0504. The van der Waals surface area contributed by atoms with Gasteiger partial charge in [-0.1, -0.05) is 6.07 Å². The van der Waals surface area contributed by atoms with Crippen LogP contribution < -0.4 is 5.56 Å². The van der Waals surface area contributed by atoms with Crippen LogP contribution in [0.4, 0.5) is 0 Å². The van der Waals surface area contributed by atoms with Crippen molar-refractivity contribution in [3.63, 3.8) is 0 Å². The third-order valence-electron chi connectivity index (χ3n) is 5.24. The number of methoxy groups -OCH3 is 1. The number of aromatic nitrogens is 1. The summed E-state index contributed by atoms with van der Waals surface area (Å²) < 4.78 is 5.07. The summed E-state index contributed by atoms with van der Waals surface area (Å²) in [4.78, 5) is 43.2. The van der Waals surface area contributed by atoms with E-state index in [2.05, 4.69) is 4.98 Å². The summed E-state index contributed by atoms with van der Waals surface area (Å²) in [5.41, 5.74) is -0.474. The summed E-state index contributed by atoms with van der Waals surface area (Å²) in [6, 6.07) is 4.56. The average molecular weight is 347 g/mol. The second-order valence-corrected chi connectivity index (χ2v) is 6.93. The van der Waals surface area contributed by atoms with Gasteiger partial charge in [0, 0.05) is 46.0 Å². The number of nitrogens with zero attached hydrogens (tertiary/aromatic N) is 2. The Morgan fingerprint density at radius 3 is 2.88 bits per heavy atom. The van der Waals surface area contributed by atoms with Crippen molar-refractivity contribution in [3.05, 3.63) is 34.2 Å². The third kappa shape index (κ3) is 3.61. The van der Waals surface area contributed by atoms with Crippen molar-refractivity contribution in [1.29, 1.82) is 0 Å². The normalized spacial score (nSPS) is 23.5. The molecule has 25 heavy (non-hydrogen) atoms. The maximum absolute atomic E-state index is 13.0. The van der Waals surface area contributed by atoms with Crippen molar-refractivity contribution >= 4 is 11.8 Å². The van der Waals surface area contributed by atoms with Crippen molar-refractivity contribution in [3.8, 4) is 0 Å². The number of amides is 2. The summed E-state index contributed by atoms with van der Waals surface area (Å²) in [5, 5.41) is 0. The van der Waals surface area contributed by atoms with E-state index in [0.29, 0.717) is 32.7 Å². The molecule has 7 nitrogen and oxygen atoms in total. The predicted molar refractivity (Wildman–Crippen MR) is 92.3 cm³/mol. The Labute approximate surface area is 147 Å². The molecule has 0 radical (unpaired) electrons. The van der Waals surface area contributed by atoms with E-state index in [9.17, 15) is 14.4 Å². The molecule has 2 aliphatic heterocycles. The fourth-order valence-corrected chi connectivity index (χ4v) is 3.93. The monoisotopic (exact) mass is 347 g/mol. The zero-order valence-corrected chi connectivity index (χ0v) is 14.6. The van der Waals surface area contributed by atoms with Gasteiger partial charge < -0.3 is 19.5 Å². The smallest absolute Gasteiger partial charge is 0.270 e. The number of hydrogen-bond donors (Lipinski definition) is 1. The standard InChI is InChI=1S/C18H25N3O4/c1-25-12-4-10-20-9-3-7-18(17(20)24)8-11-21(13-18)16(23)14-5-2-6-15(22)19-14/h2,5-6H,3-4,7-13H2,1H3,(H,19,22). The van der Waals surface area contributed by atoms with Crippen LogP contribution in [0.15, 0.2) is 23.0 Å². The Morgan fingerprint density at radius 1 is 1.28 bits per heavy atom. The summed E-state index contributed by atoms with van der Waals surface area (Å²) in [6.45, 7) is 3.11. The van der Waals surface area contributed by atoms with Crippen LogP contribution in [-0.2, 0) is 9.53 Å². The van der Waals surface area contributed by atoms with E-state index in [1.807, 2.05) is 4.90 Å². The number of likely N-dealkylation sites (tertiary alicyclic amines) is 2. The molecular weight excluding hydrogens is 322 g/mol. The molecule has 0 aromatic carbocycles. The number of rotatable bonds is 5. The molecule has 2 amide bonds. The van der Waals surface area contributed by atoms with Gasteiger partial charge in [-0.15, -0.1) is 0 Å². The number of ether oxygens (including phenoxy) is 1. The lowest BCUT2D eigenvalue weighted by atomic mass is 9.78. The number of hydrogen-bond acceptors (Lipinski definition) is 4. The maximum atomic E-state index is 13.0. The zero-order valence-electron chi connectivity index (χ0n) is 14.6. The Kier molecular flexibility index (Phi) is 5.22. The molecule has 0 aliphatic carbocycles. The minimum absolute atomic E-state index is 0.159. The molecule has 0 saturated carbocycles. The molecule has 2 aliphatic rings. The molecule has 3 rings (SSSR count). The number of H-pyrrole nitrogens is 1. The van der Waals surface area contributed by atoms with E-state index in [1.165, 1.54) is 6.07 Å². The molecule has 1 spiro atoms. The van der Waals surface area contributed by atoms with E-state index in [-0.39, 0.29) is 23.1 Å². The quantitative estimate of drug-likeness (QED) is 0.801. The number of piperidine rings is 1. The van der Waals surface area contributed by atoms with Gasteiger partial charge in [0.25, 0.3) is 5.91 Å². The maximum Gasteiger partial charge on any atom is 0.270 e. The average Bonchev–Trinajstić information content (AvgIpc) is 3.03. The number of nitrogens with one attached hydrogen (secondary N) is 1. The Balaban J connectivity index is 1.68. The minimum Gasteiger partial charge on any atom is -0.385 e. The summed E-state index contributed by atoms with van der Waals surface area (Å²) in [6.07, 6.45) is 3.30. The largest absolute Gasteiger partial charge is 0.385 e. The van der Waals surface area contributed by atoms with E-state index < -0.39 is 5.41 Å². The Hall–Kier alpha value is -2.15. The highest BCUT2D eigenvalue weighted by atomic mass is 16.5. The topological polar surface area (TPSA) is 82.7 Å². The van der Waals surface area contributed by atoms with E-state index in [1.54, 1.807) is 24.1 Å². The van der Waals surface area contributed by atoms with Crippen molar-refractivity contribution in [1.82, 2.24) is 14.8 Å². The lowest BCUT2D eigenvalue weighted by Crippen LogP contribution is -2.50. The first-order valence-corrected chi connectivity index (χ1v) is 8.83. The van der Waals surface area contributed by atoms with Crippen molar-refractivity contribution in [2.24, 2.45) is 5.41 Å². The van der Waals surface area contributed by atoms with Gasteiger partial charge in [-0.05, 0) is 31.7 Å². The first-order chi connectivity index (χ1) is 12.1. The van der Waals surface area contributed by atoms with Gasteiger partial charge in [0.2, 0.25) is 11.5 Å². The van der Waals surface area contributed by atoms with E-state index >= 15 is 0 Å². The third-order valence-corrected chi connectivity index (χ3v) is 5.24. The molecule has 1 aromatic heterocycles. The first kappa shape index (κ1) is 17.7. The lowest BCUT2D eigenvalue weighted by Gasteiger charge is -2.39. The molecule has 3 heterocycles. The number of pyridine rings is 1. The molecule has 136 valence electrons.